The van der Waals surface area contributed by atoms with E-state index in [2.05, 4.69) is 23.3 Å². The van der Waals surface area contributed by atoms with Gasteiger partial charge < -0.3 is 10.5 Å². The number of hydrogen-bond acceptors (Lipinski definition) is 4. The van der Waals surface area contributed by atoms with Gasteiger partial charge in [-0.2, -0.15) is 0 Å². The van der Waals surface area contributed by atoms with Crippen LogP contribution in [0.4, 0.5) is 0 Å². The fraction of sp³-hybridized carbons (Fsp3) is 0.429. The summed E-state index contributed by atoms with van der Waals surface area (Å²) in [4.78, 5) is 0. The lowest BCUT2D eigenvalue weighted by atomic mass is 10.2. The number of para-hydroxylation sites is 1. The van der Waals surface area contributed by atoms with Crippen molar-refractivity contribution in [1.82, 2.24) is 15.0 Å². The number of aromatic nitrogens is 3. The van der Waals surface area contributed by atoms with Crippen LogP contribution >= 0.6 is 0 Å². The maximum atomic E-state index is 5.74. The number of nitrogens with zero attached hydrogens (tertiary/aromatic N) is 3. The molecule has 0 aliphatic carbocycles. The highest BCUT2D eigenvalue weighted by atomic mass is 16.5. The molecular weight excluding hydrogens is 240 g/mol. The van der Waals surface area contributed by atoms with Crippen molar-refractivity contribution in [2.75, 3.05) is 6.61 Å². The Bertz CT molecular complexity index is 510. The summed E-state index contributed by atoms with van der Waals surface area (Å²) in [5, 5.41) is 7.95. The molecule has 1 aromatic carbocycles. The van der Waals surface area contributed by atoms with Crippen molar-refractivity contribution in [3.8, 4) is 5.75 Å². The van der Waals surface area contributed by atoms with Gasteiger partial charge >= 0.3 is 0 Å². The lowest BCUT2D eigenvalue weighted by Gasteiger charge is -2.08. The lowest BCUT2D eigenvalue weighted by molar-refractivity contribution is 0.299. The van der Waals surface area contributed by atoms with Crippen LogP contribution in [0.3, 0.4) is 0 Å². The standard InChI is InChI=1S/C14H20N4O/c1-12-6-2-3-7-14(12)19-9-5-4-8-18-11-13(10-15)16-17-18/h2-3,6-7,11H,4-5,8-10,15H2,1H3. The predicted molar refractivity (Wildman–Crippen MR) is 73.8 cm³/mol. The SMILES string of the molecule is Cc1ccccc1OCCCCn1cc(CN)nn1. The molecule has 5 heteroatoms. The second-order valence-electron chi connectivity index (χ2n) is 4.50. The molecule has 1 heterocycles. The molecule has 0 atom stereocenters. The molecule has 0 saturated heterocycles. The van der Waals surface area contributed by atoms with E-state index >= 15 is 0 Å². The Morgan fingerprint density at radius 3 is 2.84 bits per heavy atom. The van der Waals surface area contributed by atoms with Crippen molar-refractivity contribution >= 4 is 0 Å². The molecule has 0 spiro atoms. The number of aryl methyl sites for hydroxylation is 2. The van der Waals surface area contributed by atoms with Crippen molar-refractivity contribution in [2.24, 2.45) is 5.73 Å². The first kappa shape index (κ1) is 13.5. The zero-order valence-electron chi connectivity index (χ0n) is 11.2. The van der Waals surface area contributed by atoms with Crippen LogP contribution in [0.5, 0.6) is 5.75 Å². The average Bonchev–Trinajstić information content (AvgIpc) is 2.88. The number of hydrogen-bond donors (Lipinski definition) is 1. The third kappa shape index (κ3) is 4.06. The summed E-state index contributed by atoms with van der Waals surface area (Å²) in [7, 11) is 0. The van der Waals surface area contributed by atoms with Crippen LogP contribution in [0.1, 0.15) is 24.1 Å². The molecule has 2 rings (SSSR count). The van der Waals surface area contributed by atoms with Crippen molar-refractivity contribution in [3.05, 3.63) is 41.7 Å². The second-order valence-corrected chi connectivity index (χ2v) is 4.50. The minimum Gasteiger partial charge on any atom is -0.493 e. The predicted octanol–water partition coefficient (Wildman–Crippen LogP) is 1.90. The Morgan fingerprint density at radius 1 is 1.26 bits per heavy atom. The van der Waals surface area contributed by atoms with E-state index in [1.807, 2.05) is 29.1 Å². The molecular formula is C14H20N4O. The first-order valence-electron chi connectivity index (χ1n) is 6.57. The number of nitrogens with two attached hydrogens (primary N) is 1. The molecule has 0 aliphatic heterocycles. The quantitative estimate of drug-likeness (QED) is 0.772. The number of benzene rings is 1. The fourth-order valence-corrected chi connectivity index (χ4v) is 1.82. The van der Waals surface area contributed by atoms with E-state index in [1.54, 1.807) is 0 Å². The summed E-state index contributed by atoms with van der Waals surface area (Å²) in [6, 6.07) is 8.06. The Morgan fingerprint density at radius 2 is 2.11 bits per heavy atom. The van der Waals surface area contributed by atoms with E-state index in [-0.39, 0.29) is 0 Å². The van der Waals surface area contributed by atoms with Crippen LogP contribution in [0.25, 0.3) is 0 Å². The van der Waals surface area contributed by atoms with Gasteiger partial charge in [0, 0.05) is 19.3 Å². The molecule has 0 unspecified atom stereocenters. The molecule has 19 heavy (non-hydrogen) atoms. The van der Waals surface area contributed by atoms with Crippen molar-refractivity contribution < 1.29 is 4.74 Å². The monoisotopic (exact) mass is 260 g/mol. The van der Waals surface area contributed by atoms with Gasteiger partial charge in [0.2, 0.25) is 0 Å². The highest BCUT2D eigenvalue weighted by molar-refractivity contribution is 5.31. The molecule has 1 aromatic heterocycles. The molecule has 2 aromatic rings. The molecule has 5 nitrogen and oxygen atoms in total. The Kier molecular flexibility index (Phi) is 4.92. The molecule has 0 amide bonds. The molecule has 0 fully saturated rings. The van der Waals surface area contributed by atoms with Crippen LogP contribution in [-0.4, -0.2) is 21.6 Å². The maximum absolute atomic E-state index is 5.74. The average molecular weight is 260 g/mol. The Balaban J connectivity index is 1.66. The smallest absolute Gasteiger partial charge is 0.122 e. The van der Waals surface area contributed by atoms with Gasteiger partial charge in [-0.05, 0) is 31.4 Å². The van der Waals surface area contributed by atoms with E-state index in [4.69, 9.17) is 10.5 Å². The van der Waals surface area contributed by atoms with Crippen LogP contribution in [0, 0.1) is 6.92 Å². The van der Waals surface area contributed by atoms with Crippen LogP contribution < -0.4 is 10.5 Å². The zero-order valence-corrected chi connectivity index (χ0v) is 11.2. The van der Waals surface area contributed by atoms with Gasteiger partial charge in [-0.15, -0.1) is 5.10 Å². The summed E-state index contributed by atoms with van der Waals surface area (Å²) in [5.74, 6) is 0.966. The third-order valence-electron chi connectivity index (χ3n) is 2.93. The van der Waals surface area contributed by atoms with Gasteiger partial charge in [-0.1, -0.05) is 23.4 Å². The highest BCUT2D eigenvalue weighted by Gasteiger charge is 1.99. The minimum atomic E-state index is 0.441. The molecule has 0 saturated carbocycles. The largest absolute Gasteiger partial charge is 0.493 e. The van der Waals surface area contributed by atoms with Gasteiger partial charge in [-0.25, -0.2) is 0 Å². The topological polar surface area (TPSA) is 66.0 Å². The molecule has 2 N–H and O–H groups in total. The number of ether oxygens (including phenoxy) is 1. The van der Waals surface area contributed by atoms with Gasteiger partial charge in [0.15, 0.2) is 0 Å². The van der Waals surface area contributed by atoms with Gasteiger partial charge in [0.1, 0.15) is 5.75 Å². The summed E-state index contributed by atoms with van der Waals surface area (Å²) < 4.78 is 7.57. The first-order chi connectivity index (χ1) is 9.29. The molecule has 0 bridgehead atoms. The third-order valence-corrected chi connectivity index (χ3v) is 2.93. The van der Waals surface area contributed by atoms with Crippen LogP contribution in [0.15, 0.2) is 30.5 Å². The summed E-state index contributed by atoms with van der Waals surface area (Å²) >= 11 is 0. The van der Waals surface area contributed by atoms with E-state index in [1.165, 1.54) is 5.56 Å². The van der Waals surface area contributed by atoms with E-state index < -0.39 is 0 Å². The molecule has 0 aliphatic rings. The zero-order chi connectivity index (χ0) is 13.5. The van der Waals surface area contributed by atoms with Crippen molar-refractivity contribution in [3.63, 3.8) is 0 Å². The van der Waals surface area contributed by atoms with Crippen LogP contribution in [0.2, 0.25) is 0 Å². The molecule has 0 radical (unpaired) electrons. The number of unbranched alkanes of at least 4 members (excludes halogenated alkanes) is 1. The second kappa shape index (κ2) is 6.89. The molecule has 102 valence electrons. The maximum Gasteiger partial charge on any atom is 0.122 e. The van der Waals surface area contributed by atoms with Gasteiger partial charge in [-0.3, -0.25) is 4.68 Å². The normalized spacial score (nSPS) is 10.6. The van der Waals surface area contributed by atoms with E-state index in [0.717, 1.165) is 37.4 Å². The van der Waals surface area contributed by atoms with E-state index in [9.17, 15) is 0 Å². The fourth-order valence-electron chi connectivity index (χ4n) is 1.82. The van der Waals surface area contributed by atoms with E-state index in [0.29, 0.717) is 6.54 Å². The van der Waals surface area contributed by atoms with Gasteiger partial charge in [0.25, 0.3) is 0 Å². The summed E-state index contributed by atoms with van der Waals surface area (Å²) in [6.07, 6.45) is 3.90. The van der Waals surface area contributed by atoms with Crippen molar-refractivity contribution in [2.45, 2.75) is 32.9 Å². The first-order valence-corrected chi connectivity index (χ1v) is 6.57. The van der Waals surface area contributed by atoms with Crippen molar-refractivity contribution in [1.29, 1.82) is 0 Å². The summed E-state index contributed by atoms with van der Waals surface area (Å²) in [6.45, 7) is 4.07. The highest BCUT2D eigenvalue weighted by Crippen LogP contribution is 2.16. The lowest BCUT2D eigenvalue weighted by Crippen LogP contribution is -2.03. The summed E-state index contributed by atoms with van der Waals surface area (Å²) in [5.41, 5.74) is 7.48. The number of rotatable bonds is 7. The van der Waals surface area contributed by atoms with Gasteiger partial charge in [0.05, 0.1) is 12.3 Å². The Labute approximate surface area is 113 Å². The Hall–Kier alpha value is -1.88. The van der Waals surface area contributed by atoms with Crippen LogP contribution in [-0.2, 0) is 13.1 Å². The minimum absolute atomic E-state index is 0.441.